The summed E-state index contributed by atoms with van der Waals surface area (Å²) in [6.07, 6.45) is 5.49. The Morgan fingerprint density at radius 1 is 1.53 bits per heavy atom. The number of carbonyl (C=O) groups excluding carboxylic acids is 1. The van der Waals surface area contributed by atoms with Crippen molar-refractivity contribution in [3.63, 3.8) is 0 Å². The molecule has 1 saturated heterocycles. The van der Waals surface area contributed by atoms with E-state index in [1.807, 2.05) is 22.7 Å². The monoisotopic (exact) mass is 261 g/mol. The maximum Gasteiger partial charge on any atom is 0.257 e. The van der Waals surface area contributed by atoms with Crippen LogP contribution in [0.15, 0.2) is 6.20 Å². The zero-order chi connectivity index (χ0) is 13.6. The van der Waals surface area contributed by atoms with Crippen molar-refractivity contribution in [2.75, 3.05) is 13.1 Å². The summed E-state index contributed by atoms with van der Waals surface area (Å²) in [6, 6.07) is 0. The maximum atomic E-state index is 12.6. The van der Waals surface area contributed by atoms with Crippen LogP contribution >= 0.6 is 0 Å². The third-order valence-electron chi connectivity index (χ3n) is 4.93. The summed E-state index contributed by atoms with van der Waals surface area (Å²) in [4.78, 5) is 14.6. The van der Waals surface area contributed by atoms with E-state index in [-0.39, 0.29) is 5.91 Å². The third-order valence-corrected chi connectivity index (χ3v) is 4.93. The fraction of sp³-hybridized carbons (Fsp3) is 0.733. The Morgan fingerprint density at radius 2 is 2.32 bits per heavy atom. The highest BCUT2D eigenvalue weighted by atomic mass is 16.2. The summed E-state index contributed by atoms with van der Waals surface area (Å²) in [5, 5.41) is 4.43. The number of aryl methyl sites for hydroxylation is 2. The van der Waals surface area contributed by atoms with Crippen molar-refractivity contribution in [3.8, 4) is 0 Å². The Morgan fingerprint density at radius 3 is 2.95 bits per heavy atom. The van der Waals surface area contributed by atoms with Crippen LogP contribution in [0.4, 0.5) is 0 Å². The molecule has 19 heavy (non-hydrogen) atoms. The van der Waals surface area contributed by atoms with Crippen LogP contribution in [-0.2, 0) is 6.54 Å². The molecule has 0 spiro atoms. The van der Waals surface area contributed by atoms with Crippen molar-refractivity contribution in [1.82, 2.24) is 14.7 Å². The minimum Gasteiger partial charge on any atom is -0.338 e. The molecular weight excluding hydrogens is 238 g/mol. The van der Waals surface area contributed by atoms with E-state index in [0.29, 0.717) is 5.41 Å². The summed E-state index contributed by atoms with van der Waals surface area (Å²) in [5.74, 6) is 0.937. The number of likely N-dealkylation sites (tertiary alicyclic amines) is 1. The summed E-state index contributed by atoms with van der Waals surface area (Å²) < 4.78 is 1.90. The van der Waals surface area contributed by atoms with Gasteiger partial charge in [0.25, 0.3) is 5.91 Å². The summed E-state index contributed by atoms with van der Waals surface area (Å²) in [5.41, 5.74) is 2.12. The molecule has 1 aliphatic heterocycles. The van der Waals surface area contributed by atoms with Crippen LogP contribution in [0.25, 0.3) is 0 Å². The standard InChI is InChI=1S/C15H23N3O/c1-4-6-18-9-13(11(3)16-18)14(19)17-8-12-7-15(12,5-2)10-17/h9,12H,4-8,10H2,1-3H3. The van der Waals surface area contributed by atoms with Gasteiger partial charge in [-0.05, 0) is 37.5 Å². The molecule has 2 atom stereocenters. The normalized spacial score (nSPS) is 28.6. The Labute approximate surface area is 114 Å². The molecule has 4 nitrogen and oxygen atoms in total. The lowest BCUT2D eigenvalue weighted by Gasteiger charge is -2.20. The molecule has 1 aromatic rings. The number of hydrogen-bond acceptors (Lipinski definition) is 2. The third kappa shape index (κ3) is 1.97. The number of piperidine rings is 1. The van der Waals surface area contributed by atoms with E-state index in [1.165, 1.54) is 12.8 Å². The van der Waals surface area contributed by atoms with Crippen LogP contribution in [0, 0.1) is 18.3 Å². The molecule has 4 heteroatoms. The quantitative estimate of drug-likeness (QED) is 0.835. The number of nitrogens with zero attached hydrogens (tertiary/aromatic N) is 3. The molecule has 1 amide bonds. The summed E-state index contributed by atoms with van der Waals surface area (Å²) in [7, 11) is 0. The Bertz CT molecular complexity index is 503. The molecule has 1 aromatic heterocycles. The van der Waals surface area contributed by atoms with Gasteiger partial charge in [0.1, 0.15) is 0 Å². The fourth-order valence-electron chi connectivity index (χ4n) is 3.54. The second kappa shape index (κ2) is 4.36. The first-order chi connectivity index (χ1) is 9.09. The molecule has 2 heterocycles. The van der Waals surface area contributed by atoms with Gasteiger partial charge in [0.05, 0.1) is 11.3 Å². The lowest BCUT2D eigenvalue weighted by molar-refractivity contribution is 0.0763. The summed E-state index contributed by atoms with van der Waals surface area (Å²) in [6.45, 7) is 9.09. The topological polar surface area (TPSA) is 38.1 Å². The number of amides is 1. The van der Waals surface area contributed by atoms with Gasteiger partial charge in [-0.15, -0.1) is 0 Å². The van der Waals surface area contributed by atoms with Crippen molar-refractivity contribution in [2.24, 2.45) is 11.3 Å². The van der Waals surface area contributed by atoms with Gasteiger partial charge in [0, 0.05) is 25.8 Å². The first-order valence-corrected chi connectivity index (χ1v) is 7.43. The molecule has 2 unspecified atom stereocenters. The smallest absolute Gasteiger partial charge is 0.257 e. The largest absolute Gasteiger partial charge is 0.338 e. The van der Waals surface area contributed by atoms with E-state index in [0.717, 1.165) is 43.2 Å². The van der Waals surface area contributed by atoms with Crippen LogP contribution in [-0.4, -0.2) is 33.7 Å². The van der Waals surface area contributed by atoms with Crippen LogP contribution in [0.5, 0.6) is 0 Å². The van der Waals surface area contributed by atoms with Crippen LogP contribution in [0.2, 0.25) is 0 Å². The zero-order valence-corrected chi connectivity index (χ0v) is 12.1. The average Bonchev–Trinajstić information content (AvgIpc) is 2.77. The number of hydrogen-bond donors (Lipinski definition) is 0. The highest BCUT2D eigenvalue weighted by Crippen LogP contribution is 2.60. The Balaban J connectivity index is 1.74. The van der Waals surface area contributed by atoms with Gasteiger partial charge in [-0.3, -0.25) is 9.48 Å². The van der Waals surface area contributed by atoms with E-state index in [9.17, 15) is 4.79 Å². The van der Waals surface area contributed by atoms with Gasteiger partial charge >= 0.3 is 0 Å². The van der Waals surface area contributed by atoms with Gasteiger partial charge in [-0.1, -0.05) is 13.8 Å². The van der Waals surface area contributed by atoms with Gasteiger partial charge in [-0.25, -0.2) is 0 Å². The molecule has 0 N–H and O–H groups in total. The van der Waals surface area contributed by atoms with Crippen molar-refractivity contribution in [1.29, 1.82) is 0 Å². The summed E-state index contributed by atoms with van der Waals surface area (Å²) >= 11 is 0. The van der Waals surface area contributed by atoms with Crippen molar-refractivity contribution >= 4 is 5.91 Å². The predicted octanol–water partition coefficient (Wildman–Crippen LogP) is 2.47. The highest BCUT2D eigenvalue weighted by Gasteiger charge is 2.59. The molecule has 2 aliphatic rings. The maximum absolute atomic E-state index is 12.6. The van der Waals surface area contributed by atoms with Gasteiger partial charge in [0.15, 0.2) is 0 Å². The highest BCUT2D eigenvalue weighted by molar-refractivity contribution is 5.95. The van der Waals surface area contributed by atoms with E-state index in [1.54, 1.807) is 0 Å². The van der Waals surface area contributed by atoms with Gasteiger partial charge in [0.2, 0.25) is 0 Å². The fourth-order valence-corrected chi connectivity index (χ4v) is 3.54. The van der Waals surface area contributed by atoms with Crippen molar-refractivity contribution in [3.05, 3.63) is 17.5 Å². The zero-order valence-electron chi connectivity index (χ0n) is 12.1. The first-order valence-electron chi connectivity index (χ1n) is 7.43. The predicted molar refractivity (Wildman–Crippen MR) is 74.0 cm³/mol. The Kier molecular flexibility index (Phi) is 2.91. The first kappa shape index (κ1) is 12.7. The molecule has 3 rings (SSSR count). The number of fused-ring (bicyclic) bond motifs is 1. The van der Waals surface area contributed by atoms with E-state index >= 15 is 0 Å². The molecule has 0 radical (unpaired) electrons. The van der Waals surface area contributed by atoms with Crippen LogP contribution in [0.1, 0.15) is 49.2 Å². The molecule has 104 valence electrons. The molecule has 1 aliphatic carbocycles. The minimum absolute atomic E-state index is 0.180. The molecule has 1 saturated carbocycles. The Hall–Kier alpha value is -1.32. The second-order valence-corrected chi connectivity index (χ2v) is 6.19. The van der Waals surface area contributed by atoms with Crippen molar-refractivity contribution in [2.45, 2.75) is 46.6 Å². The van der Waals surface area contributed by atoms with E-state index < -0.39 is 0 Å². The van der Waals surface area contributed by atoms with E-state index in [4.69, 9.17) is 0 Å². The van der Waals surface area contributed by atoms with Gasteiger partial charge in [-0.2, -0.15) is 5.10 Å². The van der Waals surface area contributed by atoms with Gasteiger partial charge < -0.3 is 4.90 Å². The molecule has 0 aromatic carbocycles. The molecule has 2 fully saturated rings. The minimum atomic E-state index is 0.180. The van der Waals surface area contributed by atoms with Crippen LogP contribution < -0.4 is 0 Å². The SMILES string of the molecule is CCCn1cc(C(=O)N2CC3CC3(CC)C2)c(C)n1. The molecular formula is C15H23N3O. The van der Waals surface area contributed by atoms with Crippen molar-refractivity contribution < 1.29 is 4.79 Å². The lowest BCUT2D eigenvalue weighted by atomic mass is 10.0. The van der Waals surface area contributed by atoms with Crippen LogP contribution in [0.3, 0.4) is 0 Å². The lowest BCUT2D eigenvalue weighted by Crippen LogP contribution is -2.32. The number of aromatic nitrogens is 2. The molecule has 0 bridgehead atoms. The average molecular weight is 261 g/mol. The second-order valence-electron chi connectivity index (χ2n) is 6.19. The van der Waals surface area contributed by atoms with E-state index in [2.05, 4.69) is 18.9 Å². The number of carbonyl (C=O) groups is 1. The number of rotatable bonds is 4.